The molecule has 1 atom stereocenters. The minimum absolute atomic E-state index is 0.237. The fourth-order valence-electron chi connectivity index (χ4n) is 2.46. The van der Waals surface area contributed by atoms with Gasteiger partial charge in [-0.2, -0.15) is 0 Å². The van der Waals surface area contributed by atoms with Crippen LogP contribution in [0.1, 0.15) is 32.6 Å². The Hall–Kier alpha value is -1.79. The van der Waals surface area contributed by atoms with Gasteiger partial charge in [0.15, 0.2) is 6.16 Å². The van der Waals surface area contributed by atoms with E-state index in [-0.39, 0.29) is 5.52 Å². The molecule has 102 valence electrons. The Morgan fingerprint density at radius 1 is 1.00 bits per heavy atom. The molecule has 0 aliphatic carbocycles. The first-order valence-electron chi connectivity index (χ1n) is 6.60. The Morgan fingerprint density at radius 2 is 1.55 bits per heavy atom. The average molecular weight is 285 g/mol. The van der Waals surface area contributed by atoms with Crippen LogP contribution < -0.4 is 0 Å². The summed E-state index contributed by atoms with van der Waals surface area (Å²) >= 11 is 0. The molecule has 0 spiro atoms. The predicted octanol–water partition coefficient (Wildman–Crippen LogP) is 4.78. The minimum atomic E-state index is -1.93. The van der Waals surface area contributed by atoms with Crippen LogP contribution in [0.2, 0.25) is 0 Å². The molecular formula is C17H18O2P+. The number of carbonyl (C=O) groups excluding carboxylic acids is 1. The lowest BCUT2D eigenvalue weighted by Gasteiger charge is -2.05. The Labute approximate surface area is 120 Å². The predicted molar refractivity (Wildman–Crippen MR) is 82.7 cm³/mol. The fourth-order valence-corrected chi connectivity index (χ4v) is 3.75. The average Bonchev–Trinajstić information content (AvgIpc) is 2.38. The van der Waals surface area contributed by atoms with Crippen LogP contribution in [0.3, 0.4) is 0 Å². The van der Waals surface area contributed by atoms with Crippen molar-refractivity contribution in [3.05, 3.63) is 70.3 Å². The largest absolute Gasteiger partial charge is 0.424 e. The molecule has 3 heteroatoms. The van der Waals surface area contributed by atoms with Crippen molar-refractivity contribution in [2.24, 2.45) is 0 Å². The molecular weight excluding hydrogens is 267 g/mol. The third kappa shape index (κ3) is 3.20. The van der Waals surface area contributed by atoms with E-state index in [1.165, 1.54) is 0 Å². The first-order chi connectivity index (χ1) is 9.49. The van der Waals surface area contributed by atoms with Gasteiger partial charge in [0.25, 0.3) is 0 Å². The van der Waals surface area contributed by atoms with E-state index in [4.69, 9.17) is 0 Å². The zero-order valence-corrected chi connectivity index (χ0v) is 12.9. The molecule has 2 rings (SSSR count). The molecule has 0 fully saturated rings. The molecule has 0 saturated heterocycles. The molecule has 0 bridgehead atoms. The molecule has 2 aromatic rings. The van der Waals surface area contributed by atoms with E-state index < -0.39 is 7.80 Å². The van der Waals surface area contributed by atoms with Crippen molar-refractivity contribution >= 4 is 13.3 Å². The van der Waals surface area contributed by atoms with E-state index in [2.05, 4.69) is 0 Å². The van der Waals surface area contributed by atoms with Gasteiger partial charge in [0.1, 0.15) is 0 Å². The number of aryl methyl sites for hydroxylation is 3. The van der Waals surface area contributed by atoms with Gasteiger partial charge in [0.2, 0.25) is 0 Å². The summed E-state index contributed by atoms with van der Waals surface area (Å²) in [5.41, 5.74) is 4.25. The van der Waals surface area contributed by atoms with E-state index in [9.17, 15) is 9.36 Å². The molecule has 0 aromatic heterocycles. The monoisotopic (exact) mass is 285 g/mol. The smallest absolute Gasteiger partial charge is 0.234 e. The van der Waals surface area contributed by atoms with Crippen LogP contribution in [0.5, 0.6) is 0 Å². The summed E-state index contributed by atoms with van der Waals surface area (Å²) in [5, 5.41) is 0. The lowest BCUT2D eigenvalue weighted by Crippen LogP contribution is -2.02. The molecule has 0 heterocycles. The third-order valence-corrected chi connectivity index (χ3v) is 4.62. The topological polar surface area (TPSA) is 34.1 Å². The van der Waals surface area contributed by atoms with Crippen LogP contribution in [0.25, 0.3) is 0 Å². The van der Waals surface area contributed by atoms with Gasteiger partial charge in [0.05, 0.1) is 5.56 Å². The van der Waals surface area contributed by atoms with Crippen LogP contribution in [-0.4, -0.2) is 5.52 Å². The SMILES string of the molecule is Cc1cc(C)c(C(=O)[P+](=O)Cc2ccccc2)c(C)c1. The van der Waals surface area contributed by atoms with Crippen molar-refractivity contribution in [3.63, 3.8) is 0 Å². The van der Waals surface area contributed by atoms with Crippen LogP contribution in [0, 0.1) is 20.8 Å². The highest BCUT2D eigenvalue weighted by Gasteiger charge is 2.32. The number of hydrogen-bond acceptors (Lipinski definition) is 2. The first kappa shape index (κ1) is 14.6. The Bertz CT molecular complexity index is 637. The van der Waals surface area contributed by atoms with Gasteiger partial charge >= 0.3 is 13.3 Å². The summed E-state index contributed by atoms with van der Waals surface area (Å²) in [7, 11) is -1.93. The van der Waals surface area contributed by atoms with E-state index in [1.54, 1.807) is 0 Å². The quantitative estimate of drug-likeness (QED) is 0.757. The van der Waals surface area contributed by atoms with Gasteiger partial charge < -0.3 is 0 Å². The van der Waals surface area contributed by atoms with Crippen LogP contribution >= 0.6 is 7.80 Å². The second-order valence-corrected chi connectivity index (χ2v) is 6.58. The molecule has 0 saturated carbocycles. The number of carbonyl (C=O) groups is 1. The van der Waals surface area contributed by atoms with Gasteiger partial charge in [-0.3, -0.25) is 0 Å². The molecule has 1 unspecified atom stereocenters. The minimum Gasteiger partial charge on any atom is -0.234 e. The highest BCUT2D eigenvalue weighted by atomic mass is 31.1. The van der Waals surface area contributed by atoms with E-state index in [0.717, 1.165) is 22.3 Å². The van der Waals surface area contributed by atoms with Crippen molar-refractivity contribution in [1.29, 1.82) is 0 Å². The van der Waals surface area contributed by atoms with Crippen molar-refractivity contribution in [1.82, 2.24) is 0 Å². The van der Waals surface area contributed by atoms with E-state index >= 15 is 0 Å². The number of benzene rings is 2. The molecule has 0 aliphatic heterocycles. The summed E-state index contributed by atoms with van der Waals surface area (Å²) in [6, 6.07) is 13.4. The lowest BCUT2D eigenvalue weighted by molar-refractivity contribution is 0.107. The van der Waals surface area contributed by atoms with Gasteiger partial charge in [-0.25, -0.2) is 4.79 Å². The Balaban J connectivity index is 2.26. The van der Waals surface area contributed by atoms with Crippen LogP contribution in [0.15, 0.2) is 42.5 Å². The molecule has 0 aliphatic rings. The van der Waals surface area contributed by atoms with Crippen LogP contribution in [-0.2, 0) is 10.7 Å². The Kier molecular flexibility index (Phi) is 4.46. The zero-order valence-electron chi connectivity index (χ0n) is 12.0. The maximum atomic E-state index is 12.4. The van der Waals surface area contributed by atoms with E-state index in [0.29, 0.717) is 11.7 Å². The van der Waals surface area contributed by atoms with Crippen molar-refractivity contribution < 1.29 is 9.36 Å². The second-order valence-electron chi connectivity index (χ2n) is 5.10. The normalized spacial score (nSPS) is 11.2. The summed E-state index contributed by atoms with van der Waals surface area (Å²) in [4.78, 5) is 12.4. The molecule has 2 nitrogen and oxygen atoms in total. The van der Waals surface area contributed by atoms with E-state index in [1.807, 2.05) is 63.2 Å². The van der Waals surface area contributed by atoms with Gasteiger partial charge in [-0.15, -0.1) is 0 Å². The number of hydrogen-bond donors (Lipinski definition) is 0. The highest BCUT2D eigenvalue weighted by molar-refractivity contribution is 7.63. The molecule has 0 amide bonds. The lowest BCUT2D eigenvalue weighted by atomic mass is 10.0. The van der Waals surface area contributed by atoms with Gasteiger partial charge in [-0.05, 0) is 31.9 Å². The fraction of sp³-hybridized carbons (Fsp3) is 0.235. The summed E-state index contributed by atoms with van der Waals surface area (Å²) in [6.45, 7) is 5.80. The van der Waals surface area contributed by atoms with Crippen molar-refractivity contribution in [2.75, 3.05) is 0 Å². The molecule has 0 N–H and O–H groups in total. The number of rotatable bonds is 4. The third-order valence-electron chi connectivity index (χ3n) is 3.29. The molecule has 20 heavy (non-hydrogen) atoms. The second kappa shape index (κ2) is 6.11. The maximum absolute atomic E-state index is 12.4. The summed E-state index contributed by atoms with van der Waals surface area (Å²) in [5.74, 6) is 0. The molecule has 0 radical (unpaired) electrons. The highest BCUT2D eigenvalue weighted by Crippen LogP contribution is 2.34. The first-order valence-corrected chi connectivity index (χ1v) is 8.04. The van der Waals surface area contributed by atoms with Gasteiger partial charge in [0, 0.05) is 5.56 Å². The Morgan fingerprint density at radius 3 is 2.10 bits per heavy atom. The summed E-state index contributed by atoms with van der Waals surface area (Å²) < 4.78 is 12.3. The molecule has 2 aromatic carbocycles. The zero-order chi connectivity index (χ0) is 14.7. The standard InChI is InChI=1S/C17H18O2P/c1-12-9-13(2)16(14(3)10-12)17(18)20(19)11-15-7-5-4-6-8-15/h4-10H,11H2,1-3H3/q+1. The van der Waals surface area contributed by atoms with Crippen molar-refractivity contribution in [3.8, 4) is 0 Å². The van der Waals surface area contributed by atoms with Crippen LogP contribution in [0.4, 0.5) is 0 Å². The summed E-state index contributed by atoms with van der Waals surface area (Å²) in [6.07, 6.45) is 0.307. The van der Waals surface area contributed by atoms with Crippen molar-refractivity contribution in [2.45, 2.75) is 26.9 Å². The van der Waals surface area contributed by atoms with Gasteiger partial charge in [-0.1, -0.05) is 52.6 Å². The maximum Gasteiger partial charge on any atom is 0.424 e.